The summed E-state index contributed by atoms with van der Waals surface area (Å²) in [4.78, 5) is 23.6. The van der Waals surface area contributed by atoms with Gasteiger partial charge in [0.15, 0.2) is 11.4 Å². The van der Waals surface area contributed by atoms with E-state index in [-0.39, 0.29) is 5.78 Å². The van der Waals surface area contributed by atoms with E-state index < -0.39 is 11.6 Å². The topological polar surface area (TPSA) is 91.3 Å². The fourth-order valence-corrected chi connectivity index (χ4v) is 4.22. The standard InChI is InChI=1S/C25H28O7/c1-17(26)22-15-21(14-19-7-12-31-23(19)22)30-10-4-9-29-20-6-2-5-18(13-20)16-25(24(27)28)8-3-11-32-25/h2,5-6,13-15H,3-4,7-12,16H2,1H3,(H,27,28). The lowest BCUT2D eigenvalue weighted by Crippen LogP contribution is -2.40. The molecule has 2 aliphatic heterocycles. The molecule has 0 saturated carbocycles. The number of carboxylic acids is 1. The Balaban J connectivity index is 1.28. The lowest BCUT2D eigenvalue weighted by atomic mass is 9.91. The fourth-order valence-electron chi connectivity index (χ4n) is 4.22. The predicted molar refractivity (Wildman–Crippen MR) is 117 cm³/mol. The summed E-state index contributed by atoms with van der Waals surface area (Å²) >= 11 is 0. The highest BCUT2D eigenvalue weighted by Crippen LogP contribution is 2.34. The van der Waals surface area contributed by atoms with E-state index in [9.17, 15) is 14.7 Å². The Labute approximate surface area is 187 Å². The highest BCUT2D eigenvalue weighted by Gasteiger charge is 2.42. The second kappa shape index (κ2) is 9.61. The molecule has 2 aliphatic rings. The largest absolute Gasteiger partial charge is 0.493 e. The minimum Gasteiger partial charge on any atom is -0.493 e. The average Bonchev–Trinajstić information content (AvgIpc) is 3.43. The van der Waals surface area contributed by atoms with Crippen molar-refractivity contribution in [1.29, 1.82) is 0 Å². The fraction of sp³-hybridized carbons (Fsp3) is 0.440. The highest BCUT2D eigenvalue weighted by atomic mass is 16.5. The molecule has 0 bridgehead atoms. The Bertz CT molecular complexity index is 992. The van der Waals surface area contributed by atoms with Crippen molar-refractivity contribution in [1.82, 2.24) is 0 Å². The molecule has 7 heteroatoms. The van der Waals surface area contributed by atoms with Crippen molar-refractivity contribution in [3.05, 3.63) is 53.1 Å². The molecule has 170 valence electrons. The Kier molecular flexibility index (Phi) is 6.65. The normalized spacial score (nSPS) is 19.3. The van der Waals surface area contributed by atoms with Crippen LogP contribution in [0.1, 0.15) is 47.7 Å². The monoisotopic (exact) mass is 440 g/mol. The first-order valence-corrected chi connectivity index (χ1v) is 11.0. The van der Waals surface area contributed by atoms with Crippen molar-refractivity contribution in [2.45, 2.75) is 44.6 Å². The Hall–Kier alpha value is -3.06. The molecule has 0 aliphatic carbocycles. The van der Waals surface area contributed by atoms with Gasteiger partial charge in [-0.25, -0.2) is 4.79 Å². The van der Waals surface area contributed by atoms with Crippen LogP contribution in [0, 0.1) is 0 Å². The molecule has 0 spiro atoms. The van der Waals surface area contributed by atoms with Crippen LogP contribution in [0.25, 0.3) is 0 Å². The Morgan fingerprint density at radius 2 is 1.91 bits per heavy atom. The van der Waals surface area contributed by atoms with E-state index in [1.54, 1.807) is 6.07 Å². The number of fused-ring (bicyclic) bond motifs is 1. The molecule has 2 aromatic rings. The number of carboxylic acid groups (broad SMARTS) is 1. The zero-order valence-electron chi connectivity index (χ0n) is 18.2. The maximum atomic E-state index is 11.9. The second-order valence-electron chi connectivity index (χ2n) is 8.24. The van der Waals surface area contributed by atoms with Crippen LogP contribution in [0.15, 0.2) is 36.4 Å². The smallest absolute Gasteiger partial charge is 0.336 e. The molecule has 7 nitrogen and oxygen atoms in total. The van der Waals surface area contributed by atoms with Crippen molar-refractivity contribution < 1.29 is 33.6 Å². The molecule has 32 heavy (non-hydrogen) atoms. The highest BCUT2D eigenvalue weighted by molar-refractivity contribution is 5.98. The zero-order chi connectivity index (χ0) is 22.6. The number of ketones is 1. The van der Waals surface area contributed by atoms with Gasteiger partial charge in [-0.3, -0.25) is 4.79 Å². The first-order valence-electron chi connectivity index (χ1n) is 11.0. The quantitative estimate of drug-likeness (QED) is 0.443. The summed E-state index contributed by atoms with van der Waals surface area (Å²) in [6, 6.07) is 11.1. The number of ether oxygens (including phenoxy) is 4. The first-order chi connectivity index (χ1) is 15.5. The van der Waals surface area contributed by atoms with Crippen LogP contribution < -0.4 is 14.2 Å². The van der Waals surface area contributed by atoms with Crippen molar-refractivity contribution in [3.8, 4) is 17.2 Å². The van der Waals surface area contributed by atoms with E-state index in [4.69, 9.17) is 18.9 Å². The molecule has 4 rings (SSSR count). The van der Waals surface area contributed by atoms with E-state index in [1.165, 1.54) is 6.92 Å². The van der Waals surface area contributed by atoms with Crippen molar-refractivity contribution in [3.63, 3.8) is 0 Å². The second-order valence-corrected chi connectivity index (χ2v) is 8.24. The van der Waals surface area contributed by atoms with E-state index >= 15 is 0 Å². The molecule has 2 aromatic carbocycles. The zero-order valence-corrected chi connectivity index (χ0v) is 18.2. The Morgan fingerprint density at radius 1 is 1.09 bits per heavy atom. The van der Waals surface area contributed by atoms with Crippen molar-refractivity contribution >= 4 is 11.8 Å². The van der Waals surface area contributed by atoms with E-state index in [0.717, 1.165) is 24.0 Å². The summed E-state index contributed by atoms with van der Waals surface area (Å²) in [6.07, 6.45) is 3.04. The Morgan fingerprint density at radius 3 is 2.62 bits per heavy atom. The number of carbonyl (C=O) groups excluding carboxylic acids is 1. The van der Waals surface area contributed by atoms with Gasteiger partial charge in [-0.15, -0.1) is 0 Å². The van der Waals surface area contributed by atoms with Gasteiger partial charge in [0.25, 0.3) is 0 Å². The number of rotatable bonds is 10. The molecule has 1 fully saturated rings. The van der Waals surface area contributed by atoms with Gasteiger partial charge in [0, 0.05) is 31.4 Å². The summed E-state index contributed by atoms with van der Waals surface area (Å²) in [5.41, 5.74) is 1.31. The number of aliphatic carboxylic acids is 1. The van der Waals surface area contributed by atoms with Crippen LogP contribution in [0.2, 0.25) is 0 Å². The molecule has 1 N–H and O–H groups in total. The molecule has 0 radical (unpaired) electrons. The van der Waals surface area contributed by atoms with Gasteiger partial charge in [-0.2, -0.15) is 0 Å². The third-order valence-electron chi connectivity index (χ3n) is 5.84. The predicted octanol–water partition coefficient (Wildman–Crippen LogP) is 3.85. The van der Waals surface area contributed by atoms with E-state index in [2.05, 4.69) is 0 Å². The lowest BCUT2D eigenvalue weighted by Gasteiger charge is -2.23. The van der Waals surface area contributed by atoms with E-state index in [0.29, 0.717) is 68.5 Å². The van der Waals surface area contributed by atoms with Crippen LogP contribution in [0.3, 0.4) is 0 Å². The SMILES string of the molecule is CC(=O)c1cc(OCCCOc2cccc(CC3(C(=O)O)CCCO3)c2)cc2c1OCC2. The van der Waals surface area contributed by atoms with Crippen LogP contribution in [-0.2, 0) is 22.4 Å². The third kappa shape index (κ3) is 4.88. The van der Waals surface area contributed by atoms with Gasteiger partial charge >= 0.3 is 5.97 Å². The molecular formula is C25H28O7. The van der Waals surface area contributed by atoms with Gasteiger partial charge in [0.05, 0.1) is 25.4 Å². The summed E-state index contributed by atoms with van der Waals surface area (Å²) < 4.78 is 22.8. The average molecular weight is 440 g/mol. The molecule has 1 saturated heterocycles. The summed E-state index contributed by atoms with van der Waals surface area (Å²) in [6.45, 7) is 3.50. The summed E-state index contributed by atoms with van der Waals surface area (Å²) in [5, 5.41) is 9.59. The van der Waals surface area contributed by atoms with Crippen LogP contribution >= 0.6 is 0 Å². The summed E-state index contributed by atoms with van der Waals surface area (Å²) in [7, 11) is 0. The lowest BCUT2D eigenvalue weighted by molar-refractivity contribution is -0.159. The molecule has 1 unspecified atom stereocenters. The first kappa shape index (κ1) is 22.1. The third-order valence-corrected chi connectivity index (χ3v) is 5.84. The van der Waals surface area contributed by atoms with E-state index in [1.807, 2.05) is 30.3 Å². The van der Waals surface area contributed by atoms with Gasteiger partial charge in [0.2, 0.25) is 0 Å². The van der Waals surface area contributed by atoms with Gasteiger partial charge in [-0.05, 0) is 49.6 Å². The number of Topliss-reactive ketones (excluding diaryl/α,β-unsaturated/α-hetero) is 1. The molecule has 1 atom stereocenters. The van der Waals surface area contributed by atoms with Crippen molar-refractivity contribution in [2.24, 2.45) is 0 Å². The van der Waals surface area contributed by atoms with Crippen LogP contribution in [0.4, 0.5) is 0 Å². The number of hydrogen-bond acceptors (Lipinski definition) is 6. The number of carbonyl (C=O) groups is 2. The van der Waals surface area contributed by atoms with Gasteiger partial charge in [-0.1, -0.05) is 12.1 Å². The maximum Gasteiger partial charge on any atom is 0.336 e. The minimum atomic E-state index is -1.13. The van der Waals surface area contributed by atoms with Crippen LogP contribution in [-0.4, -0.2) is 48.9 Å². The van der Waals surface area contributed by atoms with Crippen LogP contribution in [0.5, 0.6) is 17.2 Å². The molecular weight excluding hydrogens is 412 g/mol. The number of hydrogen-bond donors (Lipinski definition) is 1. The molecule has 0 amide bonds. The van der Waals surface area contributed by atoms with Gasteiger partial charge in [0.1, 0.15) is 17.2 Å². The maximum absolute atomic E-state index is 11.9. The molecule has 0 aromatic heterocycles. The summed E-state index contributed by atoms with van der Waals surface area (Å²) in [5.74, 6) is 1.08. The number of benzene rings is 2. The van der Waals surface area contributed by atoms with Crippen molar-refractivity contribution in [2.75, 3.05) is 26.4 Å². The minimum absolute atomic E-state index is 0.0375. The van der Waals surface area contributed by atoms with Gasteiger partial charge < -0.3 is 24.1 Å². The molecule has 2 heterocycles.